The molecule has 0 aliphatic rings. The Bertz CT molecular complexity index is 441. The van der Waals surface area contributed by atoms with Gasteiger partial charge in [-0.25, -0.2) is 14.8 Å². The van der Waals surface area contributed by atoms with Crippen LogP contribution in [-0.4, -0.2) is 9.97 Å². The molecule has 0 atom stereocenters. The molecule has 0 spiro atoms. The summed E-state index contributed by atoms with van der Waals surface area (Å²) in [7, 11) is 0. The minimum atomic E-state index is -0.234. The number of nitrogens with one attached hydrogen (secondary N) is 3. The topological polar surface area (TPSA) is 88.8 Å². The van der Waals surface area contributed by atoms with Gasteiger partial charge < -0.3 is 5.73 Å². The minimum Gasteiger partial charge on any atom is -0.319 e. The number of nitrogen functional groups attached to an aromatic ring is 1. The highest BCUT2D eigenvalue weighted by atomic mass is 16.1. The molecule has 2 aromatic heterocycles. The fraction of sp³-hybridized carbons (Fsp3) is 0. The number of anilines is 1. The van der Waals surface area contributed by atoms with E-state index in [0.717, 1.165) is 5.52 Å². The number of aromatic amines is 3. The Balaban J connectivity index is 2.92. The average Bonchev–Trinajstić information content (AvgIpc) is 2.27. The molecule has 11 heavy (non-hydrogen) atoms. The van der Waals surface area contributed by atoms with E-state index in [1.807, 2.05) is 0 Å². The maximum Gasteiger partial charge on any atom is 0.381 e. The van der Waals surface area contributed by atoms with Crippen LogP contribution in [0.25, 0.3) is 11.2 Å². The van der Waals surface area contributed by atoms with E-state index in [4.69, 9.17) is 5.73 Å². The van der Waals surface area contributed by atoms with E-state index in [2.05, 4.69) is 15.0 Å². The fourth-order valence-electron chi connectivity index (χ4n) is 0.980. The van der Waals surface area contributed by atoms with E-state index in [0.29, 0.717) is 11.5 Å². The third kappa shape index (κ3) is 0.861. The van der Waals surface area contributed by atoms with Gasteiger partial charge >= 0.3 is 5.69 Å². The molecule has 2 rings (SSSR count). The van der Waals surface area contributed by atoms with E-state index < -0.39 is 0 Å². The zero-order valence-corrected chi connectivity index (χ0v) is 5.64. The lowest BCUT2D eigenvalue weighted by molar-refractivity contribution is -0.329. The average molecular weight is 151 g/mol. The van der Waals surface area contributed by atoms with Gasteiger partial charge in [0, 0.05) is 6.07 Å². The third-order valence-electron chi connectivity index (χ3n) is 1.45. The summed E-state index contributed by atoms with van der Waals surface area (Å²) in [5, 5.41) is 0. The highest BCUT2D eigenvalue weighted by Crippen LogP contribution is 2.00. The Hall–Kier alpha value is -1.78. The predicted octanol–water partition coefficient (Wildman–Crippen LogP) is -0.748. The van der Waals surface area contributed by atoms with Crippen LogP contribution in [0.3, 0.4) is 0 Å². The molecule has 0 unspecified atom stereocenters. The summed E-state index contributed by atoms with van der Waals surface area (Å²) in [4.78, 5) is 18.7. The molecule has 0 bridgehead atoms. The zero-order chi connectivity index (χ0) is 7.84. The number of fused-ring (bicyclic) bond motifs is 1. The first-order valence-electron chi connectivity index (χ1n) is 3.15. The molecule has 0 fully saturated rings. The molecular formula is C6H7N4O+. The molecule has 2 aromatic rings. The SMILES string of the molecule is Nc1ccc2[nH]c(=O)[nH]c2[nH+]1. The molecule has 5 N–H and O–H groups in total. The monoisotopic (exact) mass is 151 g/mol. The van der Waals surface area contributed by atoms with Gasteiger partial charge in [-0.05, 0) is 6.07 Å². The molecule has 0 radical (unpaired) electrons. The van der Waals surface area contributed by atoms with Crippen LogP contribution in [0.15, 0.2) is 16.9 Å². The summed E-state index contributed by atoms with van der Waals surface area (Å²) in [6.07, 6.45) is 0. The quantitative estimate of drug-likeness (QED) is 0.462. The molecule has 5 nitrogen and oxygen atoms in total. The molecule has 0 aromatic carbocycles. The van der Waals surface area contributed by atoms with Crippen LogP contribution in [-0.2, 0) is 0 Å². The van der Waals surface area contributed by atoms with Gasteiger partial charge in [-0.1, -0.05) is 0 Å². The number of H-pyrrole nitrogens is 3. The Morgan fingerprint density at radius 3 is 3.00 bits per heavy atom. The fourth-order valence-corrected chi connectivity index (χ4v) is 0.980. The van der Waals surface area contributed by atoms with Crippen LogP contribution < -0.4 is 16.4 Å². The van der Waals surface area contributed by atoms with E-state index in [-0.39, 0.29) is 5.69 Å². The Kier molecular flexibility index (Phi) is 1.00. The van der Waals surface area contributed by atoms with Crippen molar-refractivity contribution < 1.29 is 4.98 Å². The van der Waals surface area contributed by atoms with Gasteiger partial charge in [-0.15, -0.1) is 0 Å². The minimum absolute atomic E-state index is 0.234. The van der Waals surface area contributed by atoms with E-state index in [9.17, 15) is 4.79 Å². The molecule has 0 aliphatic carbocycles. The van der Waals surface area contributed by atoms with Gasteiger partial charge in [0.05, 0.1) is 0 Å². The molecule has 0 amide bonds. The summed E-state index contributed by atoms with van der Waals surface area (Å²) in [6, 6.07) is 3.42. The van der Waals surface area contributed by atoms with Crippen LogP contribution >= 0.6 is 0 Å². The van der Waals surface area contributed by atoms with E-state index >= 15 is 0 Å². The van der Waals surface area contributed by atoms with Gasteiger partial charge in [0.25, 0.3) is 5.65 Å². The number of aromatic nitrogens is 3. The summed E-state index contributed by atoms with van der Waals surface area (Å²) >= 11 is 0. The Morgan fingerprint density at radius 2 is 2.18 bits per heavy atom. The second-order valence-corrected chi connectivity index (χ2v) is 2.28. The van der Waals surface area contributed by atoms with Crippen molar-refractivity contribution in [3.63, 3.8) is 0 Å². The number of hydrogen-bond donors (Lipinski definition) is 3. The maximum atomic E-state index is 10.7. The predicted molar refractivity (Wildman–Crippen MR) is 39.9 cm³/mol. The van der Waals surface area contributed by atoms with Crippen molar-refractivity contribution in [2.45, 2.75) is 0 Å². The second kappa shape index (κ2) is 1.85. The first kappa shape index (κ1) is 5.96. The number of nitrogens with two attached hydrogens (primary N) is 1. The van der Waals surface area contributed by atoms with Gasteiger partial charge in [0.1, 0.15) is 5.52 Å². The van der Waals surface area contributed by atoms with Gasteiger partial charge in [0.2, 0.25) is 5.82 Å². The van der Waals surface area contributed by atoms with Gasteiger partial charge in [-0.3, -0.25) is 4.98 Å². The van der Waals surface area contributed by atoms with E-state index in [1.165, 1.54) is 0 Å². The largest absolute Gasteiger partial charge is 0.381 e. The lowest BCUT2D eigenvalue weighted by Gasteiger charge is -1.84. The highest BCUT2D eigenvalue weighted by molar-refractivity contribution is 5.66. The van der Waals surface area contributed by atoms with Gasteiger partial charge in [0.15, 0.2) is 0 Å². The molecule has 0 aliphatic heterocycles. The van der Waals surface area contributed by atoms with Crippen molar-refractivity contribution in [2.24, 2.45) is 0 Å². The van der Waals surface area contributed by atoms with Crippen molar-refractivity contribution in [1.29, 1.82) is 0 Å². The lowest BCUT2D eigenvalue weighted by atomic mass is 10.4. The summed E-state index contributed by atoms with van der Waals surface area (Å²) < 4.78 is 0. The second-order valence-electron chi connectivity index (χ2n) is 2.28. The van der Waals surface area contributed by atoms with Crippen LogP contribution in [0.4, 0.5) is 5.82 Å². The molecule has 5 heteroatoms. The van der Waals surface area contributed by atoms with Crippen LogP contribution in [0, 0.1) is 0 Å². The standard InChI is InChI=1S/C6H6N4O/c7-4-2-1-3-5(9-4)10-6(11)8-3/h1-2H,(H4,7,8,9,10,11)/p+1. The first-order chi connectivity index (χ1) is 5.25. The maximum absolute atomic E-state index is 10.7. The smallest absolute Gasteiger partial charge is 0.319 e. The number of hydrogen-bond acceptors (Lipinski definition) is 2. The lowest BCUT2D eigenvalue weighted by Crippen LogP contribution is -2.11. The molecular weight excluding hydrogens is 144 g/mol. The molecule has 0 saturated heterocycles. The zero-order valence-electron chi connectivity index (χ0n) is 5.64. The molecule has 0 saturated carbocycles. The van der Waals surface area contributed by atoms with Crippen LogP contribution in [0.1, 0.15) is 0 Å². The van der Waals surface area contributed by atoms with Gasteiger partial charge in [-0.2, -0.15) is 0 Å². The summed E-state index contributed by atoms with van der Waals surface area (Å²) in [5.41, 5.74) is 6.55. The normalized spacial score (nSPS) is 10.5. The van der Waals surface area contributed by atoms with Crippen molar-refractivity contribution in [3.8, 4) is 0 Å². The van der Waals surface area contributed by atoms with Crippen molar-refractivity contribution in [1.82, 2.24) is 9.97 Å². The first-order valence-corrected chi connectivity index (χ1v) is 3.15. The number of rotatable bonds is 0. The molecule has 2 heterocycles. The van der Waals surface area contributed by atoms with Crippen LogP contribution in [0.5, 0.6) is 0 Å². The number of imidazole rings is 1. The highest BCUT2D eigenvalue weighted by Gasteiger charge is 2.02. The third-order valence-corrected chi connectivity index (χ3v) is 1.45. The van der Waals surface area contributed by atoms with E-state index in [1.54, 1.807) is 12.1 Å². The summed E-state index contributed by atoms with van der Waals surface area (Å²) in [6.45, 7) is 0. The van der Waals surface area contributed by atoms with Crippen molar-refractivity contribution >= 4 is 17.0 Å². The van der Waals surface area contributed by atoms with Crippen molar-refractivity contribution in [2.75, 3.05) is 5.73 Å². The van der Waals surface area contributed by atoms with Crippen molar-refractivity contribution in [3.05, 3.63) is 22.6 Å². The molecule has 56 valence electrons. The Morgan fingerprint density at radius 1 is 1.36 bits per heavy atom. The van der Waals surface area contributed by atoms with Crippen LogP contribution in [0.2, 0.25) is 0 Å². The number of pyridine rings is 1. The Labute approximate surface area is 61.3 Å². The summed E-state index contributed by atoms with van der Waals surface area (Å²) in [5.74, 6) is 0.521.